The van der Waals surface area contributed by atoms with Crippen molar-refractivity contribution in [3.8, 4) is 0 Å². The smallest absolute Gasteiger partial charge is 0.370 e. The second-order valence-corrected chi connectivity index (χ2v) is 7.33. The predicted octanol–water partition coefficient (Wildman–Crippen LogP) is 2.33. The Morgan fingerprint density at radius 2 is 1.88 bits per heavy atom. The summed E-state index contributed by atoms with van der Waals surface area (Å²) in [5.41, 5.74) is -0.175. The minimum absolute atomic E-state index is 0.104. The van der Waals surface area contributed by atoms with Gasteiger partial charge in [-0.2, -0.15) is 13.2 Å². The van der Waals surface area contributed by atoms with Crippen LogP contribution in [0, 0.1) is 0 Å². The molecule has 0 amide bonds. The van der Waals surface area contributed by atoms with Crippen LogP contribution in [0.3, 0.4) is 0 Å². The van der Waals surface area contributed by atoms with Crippen molar-refractivity contribution in [1.82, 2.24) is 4.98 Å². The van der Waals surface area contributed by atoms with Crippen LogP contribution in [0.2, 0.25) is 0 Å². The van der Waals surface area contributed by atoms with Crippen molar-refractivity contribution in [1.29, 1.82) is 0 Å². The maximum Gasteiger partial charge on any atom is 0.416 e. The maximum atomic E-state index is 12.7. The average molecular weight is 387 g/mol. The second-order valence-electron chi connectivity index (χ2n) is 5.80. The molecule has 0 bridgehead atoms. The minimum atomic E-state index is -4.41. The Labute approximate surface area is 148 Å². The standard InChI is InChI=1S/C16H16F3N3O3S/c17-16(18,19)12-5-3-11(4-6-12)13-10-22(8-9-25-13)15-14(26(20,23)24)2-1-7-21-15/h1-7,13H,8-10H2,(H2,20,23,24). The van der Waals surface area contributed by atoms with Gasteiger partial charge in [-0.3, -0.25) is 0 Å². The molecule has 2 heterocycles. The fourth-order valence-corrected chi connectivity index (χ4v) is 3.48. The fraction of sp³-hybridized carbons (Fsp3) is 0.312. The second kappa shape index (κ2) is 6.86. The average Bonchev–Trinajstić information content (AvgIpc) is 2.60. The Hall–Kier alpha value is -2.17. The molecule has 140 valence electrons. The van der Waals surface area contributed by atoms with Crippen molar-refractivity contribution < 1.29 is 26.3 Å². The van der Waals surface area contributed by atoms with E-state index in [1.807, 2.05) is 0 Å². The van der Waals surface area contributed by atoms with Crippen LogP contribution >= 0.6 is 0 Å². The van der Waals surface area contributed by atoms with E-state index in [0.29, 0.717) is 12.1 Å². The molecule has 26 heavy (non-hydrogen) atoms. The zero-order valence-corrected chi connectivity index (χ0v) is 14.3. The largest absolute Gasteiger partial charge is 0.416 e. The third kappa shape index (κ3) is 3.97. The molecule has 1 unspecified atom stereocenters. The van der Waals surface area contributed by atoms with Crippen LogP contribution in [-0.4, -0.2) is 33.1 Å². The lowest BCUT2D eigenvalue weighted by atomic mass is 10.1. The third-order valence-corrected chi connectivity index (χ3v) is 4.96. The highest BCUT2D eigenvalue weighted by Crippen LogP contribution is 2.32. The number of alkyl halides is 3. The first kappa shape index (κ1) is 18.6. The molecule has 0 aliphatic carbocycles. The van der Waals surface area contributed by atoms with Gasteiger partial charge in [0.2, 0.25) is 10.0 Å². The summed E-state index contributed by atoms with van der Waals surface area (Å²) >= 11 is 0. The van der Waals surface area contributed by atoms with Gasteiger partial charge in [0.05, 0.1) is 12.2 Å². The molecule has 1 atom stereocenters. The summed E-state index contributed by atoms with van der Waals surface area (Å²) in [6, 6.07) is 7.53. The first-order chi connectivity index (χ1) is 12.2. The maximum absolute atomic E-state index is 12.7. The van der Waals surface area contributed by atoms with Crippen molar-refractivity contribution >= 4 is 15.8 Å². The van der Waals surface area contributed by atoms with E-state index in [9.17, 15) is 21.6 Å². The van der Waals surface area contributed by atoms with Gasteiger partial charge in [-0.25, -0.2) is 18.5 Å². The number of hydrogen-bond donors (Lipinski definition) is 1. The van der Waals surface area contributed by atoms with E-state index < -0.39 is 27.9 Å². The van der Waals surface area contributed by atoms with E-state index in [1.165, 1.54) is 30.5 Å². The topological polar surface area (TPSA) is 85.5 Å². The first-order valence-corrected chi connectivity index (χ1v) is 9.22. The molecule has 10 heteroatoms. The summed E-state index contributed by atoms with van der Waals surface area (Å²) in [4.78, 5) is 5.70. The molecule has 1 aromatic heterocycles. The van der Waals surface area contributed by atoms with Gasteiger partial charge in [-0.1, -0.05) is 12.1 Å². The van der Waals surface area contributed by atoms with Gasteiger partial charge in [0, 0.05) is 19.3 Å². The lowest BCUT2D eigenvalue weighted by Gasteiger charge is -2.34. The molecular weight excluding hydrogens is 371 g/mol. The summed E-state index contributed by atoms with van der Waals surface area (Å²) < 4.78 is 67.2. The molecule has 1 aromatic carbocycles. The summed E-state index contributed by atoms with van der Waals surface area (Å²) in [5, 5.41) is 5.24. The molecule has 1 fully saturated rings. The van der Waals surface area contributed by atoms with Crippen LogP contribution in [-0.2, 0) is 20.9 Å². The fourth-order valence-electron chi connectivity index (χ4n) is 2.77. The number of nitrogens with zero attached hydrogens (tertiary/aromatic N) is 2. The lowest BCUT2D eigenvalue weighted by Crippen LogP contribution is -2.39. The van der Waals surface area contributed by atoms with E-state index in [-0.39, 0.29) is 23.9 Å². The number of halogens is 3. The van der Waals surface area contributed by atoms with Gasteiger partial charge in [0.15, 0.2) is 0 Å². The Morgan fingerprint density at radius 3 is 2.50 bits per heavy atom. The molecular formula is C16H16F3N3O3S. The number of anilines is 1. The normalized spacial score (nSPS) is 18.8. The molecule has 0 saturated carbocycles. The Morgan fingerprint density at radius 1 is 1.19 bits per heavy atom. The number of aromatic nitrogens is 1. The highest BCUT2D eigenvalue weighted by molar-refractivity contribution is 7.89. The quantitative estimate of drug-likeness (QED) is 0.874. The lowest BCUT2D eigenvalue weighted by molar-refractivity contribution is -0.137. The number of benzene rings is 1. The first-order valence-electron chi connectivity index (χ1n) is 7.68. The monoisotopic (exact) mass is 387 g/mol. The Bertz CT molecular complexity index is 886. The Kier molecular flexibility index (Phi) is 4.91. The van der Waals surface area contributed by atoms with Gasteiger partial charge in [-0.05, 0) is 29.8 Å². The number of rotatable bonds is 3. The summed E-state index contributed by atoms with van der Waals surface area (Å²) in [6.07, 6.45) is -3.47. The highest BCUT2D eigenvalue weighted by atomic mass is 32.2. The summed E-state index contributed by atoms with van der Waals surface area (Å²) in [6.45, 7) is 0.897. The van der Waals surface area contributed by atoms with E-state index in [2.05, 4.69) is 4.98 Å². The number of nitrogens with two attached hydrogens (primary N) is 1. The van der Waals surface area contributed by atoms with Gasteiger partial charge in [0.1, 0.15) is 16.8 Å². The molecule has 3 rings (SSSR count). The SMILES string of the molecule is NS(=O)(=O)c1cccnc1N1CCOC(c2ccc(C(F)(F)F)cc2)C1. The highest BCUT2D eigenvalue weighted by Gasteiger charge is 2.31. The van der Waals surface area contributed by atoms with Crippen LogP contribution in [0.5, 0.6) is 0 Å². The zero-order valence-electron chi connectivity index (χ0n) is 13.5. The predicted molar refractivity (Wildman–Crippen MR) is 88.0 cm³/mol. The van der Waals surface area contributed by atoms with Crippen LogP contribution in [0.15, 0.2) is 47.5 Å². The number of hydrogen-bond acceptors (Lipinski definition) is 5. The summed E-state index contributed by atoms with van der Waals surface area (Å²) in [7, 11) is -3.96. The minimum Gasteiger partial charge on any atom is -0.370 e. The number of pyridine rings is 1. The van der Waals surface area contributed by atoms with Gasteiger partial charge < -0.3 is 9.64 Å². The van der Waals surface area contributed by atoms with Crippen molar-refractivity contribution in [3.63, 3.8) is 0 Å². The zero-order chi connectivity index (χ0) is 18.9. The van der Waals surface area contributed by atoms with E-state index in [0.717, 1.165) is 12.1 Å². The molecule has 1 aliphatic heterocycles. The third-order valence-electron chi connectivity index (χ3n) is 4.03. The molecule has 0 spiro atoms. The van der Waals surface area contributed by atoms with Crippen molar-refractivity contribution in [2.24, 2.45) is 5.14 Å². The van der Waals surface area contributed by atoms with Gasteiger partial charge in [-0.15, -0.1) is 0 Å². The van der Waals surface area contributed by atoms with Crippen molar-refractivity contribution in [3.05, 3.63) is 53.7 Å². The molecule has 0 radical (unpaired) electrons. The number of primary sulfonamides is 1. The molecule has 2 aromatic rings. The summed E-state index contributed by atoms with van der Waals surface area (Å²) in [5.74, 6) is 0.204. The molecule has 6 nitrogen and oxygen atoms in total. The van der Waals surface area contributed by atoms with E-state index in [4.69, 9.17) is 9.88 Å². The van der Waals surface area contributed by atoms with E-state index >= 15 is 0 Å². The molecule has 1 aliphatic rings. The molecule has 2 N–H and O–H groups in total. The number of morpholine rings is 1. The van der Waals surface area contributed by atoms with E-state index in [1.54, 1.807) is 4.90 Å². The van der Waals surface area contributed by atoms with Crippen LogP contribution in [0.25, 0.3) is 0 Å². The van der Waals surface area contributed by atoms with Crippen LogP contribution < -0.4 is 10.0 Å². The van der Waals surface area contributed by atoms with Gasteiger partial charge in [0.25, 0.3) is 0 Å². The number of ether oxygens (including phenoxy) is 1. The Balaban J connectivity index is 1.85. The van der Waals surface area contributed by atoms with Crippen LogP contribution in [0.4, 0.5) is 19.0 Å². The van der Waals surface area contributed by atoms with Crippen molar-refractivity contribution in [2.75, 3.05) is 24.6 Å². The molecule has 1 saturated heterocycles. The van der Waals surface area contributed by atoms with Crippen molar-refractivity contribution in [2.45, 2.75) is 17.2 Å². The van der Waals surface area contributed by atoms with Crippen LogP contribution in [0.1, 0.15) is 17.2 Å². The van der Waals surface area contributed by atoms with Gasteiger partial charge >= 0.3 is 6.18 Å². The number of sulfonamides is 1.